The summed E-state index contributed by atoms with van der Waals surface area (Å²) in [5, 5.41) is 11.7. The van der Waals surface area contributed by atoms with E-state index in [4.69, 9.17) is 9.15 Å². The van der Waals surface area contributed by atoms with Gasteiger partial charge < -0.3 is 19.4 Å². The molecule has 2 aromatic heterocycles. The Hall–Kier alpha value is -5.10. The lowest BCUT2D eigenvalue weighted by molar-refractivity contribution is -0.143. The summed E-state index contributed by atoms with van der Waals surface area (Å²) in [6.07, 6.45) is 1.47. The molecule has 0 radical (unpaired) electrons. The van der Waals surface area contributed by atoms with E-state index in [9.17, 15) is 19.2 Å². The zero-order chi connectivity index (χ0) is 32.8. The van der Waals surface area contributed by atoms with Crippen molar-refractivity contribution >= 4 is 44.7 Å². The number of amides is 2. The molecule has 0 fully saturated rings. The molecule has 46 heavy (non-hydrogen) atoms. The van der Waals surface area contributed by atoms with Crippen molar-refractivity contribution in [1.82, 2.24) is 25.2 Å². The molecule has 2 amide bonds. The van der Waals surface area contributed by atoms with E-state index in [1.165, 1.54) is 21.8 Å². The number of nitrogens with one attached hydrogen (secondary N) is 1. The van der Waals surface area contributed by atoms with E-state index < -0.39 is 29.1 Å². The first-order valence-corrected chi connectivity index (χ1v) is 15.3. The Labute approximate surface area is 273 Å². The third kappa shape index (κ3) is 7.94. The van der Waals surface area contributed by atoms with Crippen LogP contribution >= 0.6 is 15.9 Å². The number of fused-ring (bicyclic) bond motifs is 1. The van der Waals surface area contributed by atoms with Crippen molar-refractivity contribution in [3.05, 3.63) is 128 Å². The van der Waals surface area contributed by atoms with E-state index in [1.54, 1.807) is 30.3 Å². The van der Waals surface area contributed by atoms with Gasteiger partial charge in [-0.25, -0.2) is 14.3 Å². The van der Waals surface area contributed by atoms with Crippen molar-refractivity contribution in [2.45, 2.75) is 52.0 Å². The van der Waals surface area contributed by atoms with Crippen LogP contribution in [0.25, 0.3) is 11.0 Å². The molecule has 5 rings (SSSR count). The van der Waals surface area contributed by atoms with Crippen molar-refractivity contribution in [2.24, 2.45) is 0 Å². The first kappa shape index (κ1) is 32.3. The molecular weight excluding hydrogens is 654 g/mol. The summed E-state index contributed by atoms with van der Waals surface area (Å²) in [7, 11) is 0. The molecule has 3 aromatic carbocycles. The van der Waals surface area contributed by atoms with Gasteiger partial charge in [0.25, 0.3) is 0 Å². The van der Waals surface area contributed by atoms with Crippen LogP contribution in [0.15, 0.2) is 105 Å². The molecule has 0 bridgehead atoms. The van der Waals surface area contributed by atoms with Crippen molar-refractivity contribution in [3.8, 4) is 0 Å². The van der Waals surface area contributed by atoms with E-state index in [0.717, 1.165) is 5.56 Å². The average molecular weight is 687 g/mol. The highest BCUT2D eigenvalue weighted by Gasteiger charge is 2.34. The zero-order valence-corrected chi connectivity index (χ0v) is 27.1. The molecular formula is C34H32BrN5O6. The van der Waals surface area contributed by atoms with Crippen LogP contribution in [-0.4, -0.2) is 43.2 Å². The highest BCUT2D eigenvalue weighted by atomic mass is 79.9. The predicted molar refractivity (Wildman–Crippen MR) is 173 cm³/mol. The van der Waals surface area contributed by atoms with E-state index >= 15 is 0 Å². The fourth-order valence-corrected chi connectivity index (χ4v) is 5.32. The Balaban J connectivity index is 1.36. The molecule has 5 aromatic rings. The first-order valence-electron chi connectivity index (χ1n) is 14.5. The number of carbonyl (C=O) groups is 3. The Morgan fingerprint density at radius 2 is 1.70 bits per heavy atom. The third-order valence-corrected chi connectivity index (χ3v) is 7.59. The van der Waals surface area contributed by atoms with E-state index in [-0.39, 0.29) is 36.9 Å². The van der Waals surface area contributed by atoms with Crippen LogP contribution in [0, 0.1) is 0 Å². The molecule has 0 saturated heterocycles. The van der Waals surface area contributed by atoms with Gasteiger partial charge in [0.15, 0.2) is 0 Å². The molecule has 1 atom stereocenters. The molecule has 1 N–H and O–H groups in total. The highest BCUT2D eigenvalue weighted by molar-refractivity contribution is 9.10. The third-order valence-electron chi connectivity index (χ3n) is 6.87. The lowest BCUT2D eigenvalue weighted by atomic mass is 10.0. The molecule has 2 heterocycles. The average Bonchev–Trinajstić information content (AvgIpc) is 3.46. The van der Waals surface area contributed by atoms with Gasteiger partial charge in [-0.3, -0.25) is 9.59 Å². The largest absolute Gasteiger partial charge is 0.455 e. The minimum absolute atomic E-state index is 0.150. The van der Waals surface area contributed by atoms with Crippen LogP contribution in [0.2, 0.25) is 0 Å². The number of rotatable bonds is 10. The topological polar surface area (TPSA) is 137 Å². The number of ether oxygens (including phenoxy) is 1. The number of para-hydroxylation sites is 1. The second-order valence-corrected chi connectivity index (χ2v) is 12.5. The number of benzene rings is 3. The van der Waals surface area contributed by atoms with Gasteiger partial charge >= 0.3 is 11.6 Å². The van der Waals surface area contributed by atoms with Crippen molar-refractivity contribution in [1.29, 1.82) is 0 Å². The molecule has 12 heteroatoms. The van der Waals surface area contributed by atoms with Crippen molar-refractivity contribution < 1.29 is 23.5 Å². The standard InChI is InChI=1S/C34H32BrN5O6/c1-34(2,3)36-31(42)30(25-14-8-9-15-27(25)35)40(18-22-11-5-4-6-12-22)29(41)20-39-19-24(37-38-39)21-45-32(43)26-17-23-13-7-10-16-28(23)46-33(26)44/h4-17,19,30H,18,20-21H2,1-3H3,(H,36,42). The first-order chi connectivity index (χ1) is 22.0. The SMILES string of the molecule is CC(C)(C)NC(=O)C(c1ccccc1Br)N(Cc1ccccc1)C(=O)Cn1cc(COC(=O)c2cc3ccccc3oc2=O)nn1. The zero-order valence-electron chi connectivity index (χ0n) is 25.5. The summed E-state index contributed by atoms with van der Waals surface area (Å²) in [5.74, 6) is -1.61. The predicted octanol–water partition coefficient (Wildman–Crippen LogP) is 5.19. The van der Waals surface area contributed by atoms with Gasteiger partial charge in [-0.1, -0.05) is 87.9 Å². The van der Waals surface area contributed by atoms with E-state index in [0.29, 0.717) is 21.0 Å². The monoisotopic (exact) mass is 685 g/mol. The fraction of sp³-hybridized carbons (Fsp3) is 0.235. The van der Waals surface area contributed by atoms with Crippen LogP contribution < -0.4 is 10.9 Å². The summed E-state index contributed by atoms with van der Waals surface area (Å²) in [6, 6.07) is 23.9. The number of nitrogens with zero attached hydrogens (tertiary/aromatic N) is 4. The molecule has 11 nitrogen and oxygen atoms in total. The van der Waals surface area contributed by atoms with Crippen molar-refractivity contribution in [2.75, 3.05) is 0 Å². The summed E-state index contributed by atoms with van der Waals surface area (Å²) in [6.45, 7) is 5.24. The van der Waals surface area contributed by atoms with Gasteiger partial charge in [0.2, 0.25) is 11.8 Å². The minimum Gasteiger partial charge on any atom is -0.455 e. The summed E-state index contributed by atoms with van der Waals surface area (Å²) < 4.78 is 12.5. The Morgan fingerprint density at radius 1 is 1.00 bits per heavy atom. The van der Waals surface area contributed by atoms with Gasteiger partial charge in [0.05, 0.1) is 6.20 Å². The fourth-order valence-electron chi connectivity index (χ4n) is 4.82. The van der Waals surface area contributed by atoms with Gasteiger partial charge in [-0.15, -0.1) is 5.10 Å². The number of halogens is 1. The van der Waals surface area contributed by atoms with Gasteiger partial charge in [0, 0.05) is 21.9 Å². The lowest BCUT2D eigenvalue weighted by Crippen LogP contribution is -2.49. The number of aromatic nitrogens is 3. The molecule has 0 aliphatic carbocycles. The van der Waals surface area contributed by atoms with Crippen molar-refractivity contribution in [3.63, 3.8) is 0 Å². The Kier molecular flexibility index (Phi) is 9.76. The number of esters is 1. The number of carbonyl (C=O) groups excluding carboxylic acids is 3. The van der Waals surface area contributed by atoms with E-state index in [1.807, 2.05) is 69.3 Å². The summed E-state index contributed by atoms with van der Waals surface area (Å²) in [5.41, 5.74) is 0.462. The Morgan fingerprint density at radius 3 is 2.43 bits per heavy atom. The Bertz CT molecular complexity index is 1930. The molecule has 0 saturated carbocycles. The van der Waals surface area contributed by atoms with Gasteiger partial charge in [0.1, 0.15) is 36.0 Å². The normalized spacial score (nSPS) is 12.0. The maximum absolute atomic E-state index is 14.0. The van der Waals surface area contributed by atoms with Crippen LogP contribution in [0.3, 0.4) is 0 Å². The van der Waals surface area contributed by atoms with Gasteiger partial charge in [-0.05, 0) is 50.1 Å². The summed E-state index contributed by atoms with van der Waals surface area (Å²) in [4.78, 5) is 54.4. The molecule has 1 unspecified atom stereocenters. The smallest absolute Gasteiger partial charge is 0.351 e. The second-order valence-electron chi connectivity index (χ2n) is 11.6. The highest BCUT2D eigenvalue weighted by Crippen LogP contribution is 2.30. The molecule has 0 spiro atoms. The van der Waals surface area contributed by atoms with Crippen LogP contribution in [-0.2, 0) is 34.0 Å². The van der Waals surface area contributed by atoms with Crippen LogP contribution in [0.1, 0.15) is 54.0 Å². The summed E-state index contributed by atoms with van der Waals surface area (Å²) >= 11 is 3.57. The van der Waals surface area contributed by atoms with E-state index in [2.05, 4.69) is 31.6 Å². The number of hydrogen-bond acceptors (Lipinski definition) is 8. The van der Waals surface area contributed by atoms with Crippen LogP contribution in [0.5, 0.6) is 0 Å². The van der Waals surface area contributed by atoms with Gasteiger partial charge in [-0.2, -0.15) is 0 Å². The number of hydrogen-bond donors (Lipinski definition) is 1. The maximum Gasteiger partial charge on any atom is 0.351 e. The van der Waals surface area contributed by atoms with Crippen LogP contribution in [0.4, 0.5) is 0 Å². The maximum atomic E-state index is 14.0. The molecule has 0 aliphatic rings. The lowest BCUT2D eigenvalue weighted by Gasteiger charge is -2.34. The minimum atomic E-state index is -0.972. The second kappa shape index (κ2) is 13.9. The quantitative estimate of drug-likeness (QED) is 0.157. The molecule has 236 valence electrons. The molecule has 0 aliphatic heterocycles.